The molecule has 3 N–H and O–H groups in total. The van der Waals surface area contributed by atoms with Crippen LogP contribution >= 0.6 is 22.6 Å². The zero-order chi connectivity index (χ0) is 10.0. The number of rotatable bonds is 2. The number of nitrogens with zero attached hydrogens (tertiary/aromatic N) is 1. The highest BCUT2D eigenvalue weighted by molar-refractivity contribution is 14.1. The summed E-state index contributed by atoms with van der Waals surface area (Å²) in [4.78, 5) is 24.5. The van der Waals surface area contributed by atoms with Crippen molar-refractivity contribution in [3.8, 4) is 0 Å². The van der Waals surface area contributed by atoms with Crippen LogP contribution in [0.5, 0.6) is 0 Å². The van der Waals surface area contributed by atoms with Gasteiger partial charge in [-0.25, -0.2) is 4.79 Å². The van der Waals surface area contributed by atoms with Crippen LogP contribution in [-0.2, 0) is 6.54 Å². The van der Waals surface area contributed by atoms with E-state index in [1.54, 1.807) is 0 Å². The third-order valence-electron chi connectivity index (χ3n) is 1.63. The summed E-state index contributed by atoms with van der Waals surface area (Å²) in [5.74, 6) is 0.246. The third kappa shape index (κ3) is 1.93. The van der Waals surface area contributed by atoms with Crippen molar-refractivity contribution < 1.29 is 0 Å². The normalized spacial score (nSPS) is 10.3. The fraction of sp³-hybridized carbons (Fsp3) is 0.429. The van der Waals surface area contributed by atoms with Gasteiger partial charge < -0.3 is 5.73 Å². The molecule has 1 rings (SSSR count). The van der Waals surface area contributed by atoms with E-state index in [2.05, 4.69) is 4.98 Å². The predicted octanol–water partition coefficient (Wildman–Crippen LogP) is 0.133. The molecule has 0 spiro atoms. The lowest BCUT2D eigenvalue weighted by Gasteiger charge is -2.07. The van der Waals surface area contributed by atoms with E-state index in [1.165, 1.54) is 4.57 Å². The predicted molar refractivity (Wildman–Crippen MR) is 58.7 cm³/mol. The van der Waals surface area contributed by atoms with E-state index in [1.807, 2.05) is 29.5 Å². The smallest absolute Gasteiger partial charge is 0.329 e. The third-order valence-corrected chi connectivity index (χ3v) is 2.67. The first kappa shape index (κ1) is 10.3. The molecule has 0 aromatic carbocycles. The molecule has 72 valence electrons. The van der Waals surface area contributed by atoms with Gasteiger partial charge in [0.2, 0.25) is 0 Å². The fourth-order valence-corrected chi connectivity index (χ4v) is 1.44. The van der Waals surface area contributed by atoms with Gasteiger partial charge in [0.25, 0.3) is 5.56 Å². The Balaban J connectivity index is 3.44. The molecule has 0 atom stereocenters. The van der Waals surface area contributed by atoms with Crippen LogP contribution in [0.4, 0.5) is 5.82 Å². The number of nitrogens with two attached hydrogens (primary N) is 1. The molecular formula is C7H10IN3O2. The molecule has 0 radical (unpaired) electrons. The molecule has 5 nitrogen and oxygen atoms in total. The summed E-state index contributed by atoms with van der Waals surface area (Å²) in [7, 11) is 0. The van der Waals surface area contributed by atoms with Gasteiger partial charge >= 0.3 is 5.69 Å². The van der Waals surface area contributed by atoms with Crippen molar-refractivity contribution in [1.82, 2.24) is 9.55 Å². The highest BCUT2D eigenvalue weighted by Gasteiger charge is 2.07. The maximum Gasteiger partial charge on any atom is 0.329 e. The fourth-order valence-electron chi connectivity index (χ4n) is 1.01. The largest absolute Gasteiger partial charge is 0.384 e. The summed E-state index contributed by atoms with van der Waals surface area (Å²) in [6.45, 7) is 2.46. The molecule has 1 heterocycles. The number of aromatic amines is 1. The summed E-state index contributed by atoms with van der Waals surface area (Å²) < 4.78 is 1.73. The second-order valence-corrected chi connectivity index (χ2v) is 3.69. The first-order valence-electron chi connectivity index (χ1n) is 3.86. The Morgan fingerprint density at radius 1 is 1.54 bits per heavy atom. The Morgan fingerprint density at radius 2 is 2.15 bits per heavy atom. The van der Waals surface area contributed by atoms with E-state index in [-0.39, 0.29) is 5.82 Å². The zero-order valence-electron chi connectivity index (χ0n) is 7.13. The minimum atomic E-state index is -0.440. The number of H-pyrrole nitrogens is 1. The Kier molecular flexibility index (Phi) is 3.12. The number of hydrogen-bond donors (Lipinski definition) is 2. The SMILES string of the molecule is CCCn1c(N)c(I)c(=O)[nH]c1=O. The van der Waals surface area contributed by atoms with Gasteiger partial charge in [-0.3, -0.25) is 14.3 Å². The highest BCUT2D eigenvalue weighted by atomic mass is 127. The van der Waals surface area contributed by atoms with Gasteiger partial charge in [-0.2, -0.15) is 0 Å². The average molecular weight is 295 g/mol. The minimum Gasteiger partial charge on any atom is -0.384 e. The number of nitrogens with one attached hydrogen (secondary N) is 1. The van der Waals surface area contributed by atoms with Crippen molar-refractivity contribution in [2.45, 2.75) is 19.9 Å². The molecular weight excluding hydrogens is 285 g/mol. The van der Waals surface area contributed by atoms with E-state index in [9.17, 15) is 9.59 Å². The Labute approximate surface area is 88.1 Å². The zero-order valence-corrected chi connectivity index (χ0v) is 9.29. The standard InChI is InChI=1S/C7H10IN3O2/c1-2-3-11-5(9)4(8)6(12)10-7(11)13/h2-3,9H2,1H3,(H,10,12,13). The minimum absolute atomic E-state index is 0.246. The molecule has 0 aliphatic heterocycles. The first-order valence-corrected chi connectivity index (χ1v) is 4.94. The van der Waals surface area contributed by atoms with E-state index in [4.69, 9.17) is 5.73 Å². The van der Waals surface area contributed by atoms with Gasteiger partial charge in [-0.05, 0) is 29.0 Å². The quantitative estimate of drug-likeness (QED) is 0.761. The van der Waals surface area contributed by atoms with Crippen molar-refractivity contribution in [2.75, 3.05) is 5.73 Å². The van der Waals surface area contributed by atoms with Crippen LogP contribution in [0.1, 0.15) is 13.3 Å². The van der Waals surface area contributed by atoms with E-state index < -0.39 is 11.2 Å². The van der Waals surface area contributed by atoms with Crippen LogP contribution in [0, 0.1) is 3.57 Å². The van der Waals surface area contributed by atoms with Gasteiger partial charge in [0.1, 0.15) is 9.39 Å². The maximum absolute atomic E-state index is 11.2. The first-order chi connectivity index (χ1) is 6.07. The topological polar surface area (TPSA) is 80.9 Å². The summed E-state index contributed by atoms with van der Waals surface area (Å²) in [5, 5.41) is 0. The average Bonchev–Trinajstić information content (AvgIpc) is 2.09. The second kappa shape index (κ2) is 3.95. The van der Waals surface area contributed by atoms with Crippen LogP contribution in [0.15, 0.2) is 9.59 Å². The molecule has 0 fully saturated rings. The van der Waals surface area contributed by atoms with Crippen molar-refractivity contribution >= 4 is 28.4 Å². The summed E-state index contributed by atoms with van der Waals surface area (Å²) in [6.07, 6.45) is 0.798. The number of aromatic nitrogens is 2. The van der Waals surface area contributed by atoms with Gasteiger partial charge in [-0.1, -0.05) is 6.92 Å². The number of anilines is 1. The van der Waals surface area contributed by atoms with Gasteiger partial charge in [0, 0.05) is 6.54 Å². The molecule has 13 heavy (non-hydrogen) atoms. The van der Waals surface area contributed by atoms with Crippen molar-refractivity contribution in [2.24, 2.45) is 0 Å². The van der Waals surface area contributed by atoms with Crippen LogP contribution in [0.25, 0.3) is 0 Å². The summed E-state index contributed by atoms with van der Waals surface area (Å²) >= 11 is 1.82. The number of halogens is 1. The molecule has 0 saturated heterocycles. The molecule has 1 aromatic rings. The lowest BCUT2D eigenvalue weighted by molar-refractivity contribution is 0.639. The molecule has 0 amide bonds. The molecule has 0 unspecified atom stereocenters. The lowest BCUT2D eigenvalue weighted by Crippen LogP contribution is -2.33. The van der Waals surface area contributed by atoms with Crippen LogP contribution < -0.4 is 17.0 Å². The lowest BCUT2D eigenvalue weighted by atomic mass is 10.4. The van der Waals surface area contributed by atoms with E-state index >= 15 is 0 Å². The maximum atomic E-state index is 11.2. The number of hydrogen-bond acceptors (Lipinski definition) is 3. The van der Waals surface area contributed by atoms with E-state index in [0.717, 1.165) is 6.42 Å². The van der Waals surface area contributed by atoms with Crippen LogP contribution in [0.3, 0.4) is 0 Å². The van der Waals surface area contributed by atoms with Crippen LogP contribution in [-0.4, -0.2) is 9.55 Å². The second-order valence-electron chi connectivity index (χ2n) is 2.61. The number of nitrogen functional groups attached to an aromatic ring is 1. The Bertz CT molecular complexity index is 421. The van der Waals surface area contributed by atoms with Gasteiger partial charge in [0.15, 0.2) is 0 Å². The van der Waals surface area contributed by atoms with Crippen molar-refractivity contribution in [3.05, 3.63) is 24.4 Å². The van der Waals surface area contributed by atoms with E-state index in [0.29, 0.717) is 10.1 Å². The highest BCUT2D eigenvalue weighted by Crippen LogP contribution is 2.06. The van der Waals surface area contributed by atoms with Gasteiger partial charge in [-0.15, -0.1) is 0 Å². The van der Waals surface area contributed by atoms with Gasteiger partial charge in [0.05, 0.1) is 0 Å². The summed E-state index contributed by atoms with van der Waals surface area (Å²) in [5.41, 5.74) is 4.74. The van der Waals surface area contributed by atoms with Crippen molar-refractivity contribution in [3.63, 3.8) is 0 Å². The molecule has 6 heteroatoms. The summed E-state index contributed by atoms with van der Waals surface area (Å²) in [6, 6.07) is 0. The molecule has 0 saturated carbocycles. The van der Waals surface area contributed by atoms with Crippen LogP contribution in [0.2, 0.25) is 0 Å². The van der Waals surface area contributed by atoms with Crippen molar-refractivity contribution in [1.29, 1.82) is 0 Å². The molecule has 0 aliphatic rings. The Hall–Kier alpha value is -0.790. The molecule has 1 aromatic heterocycles. The molecule has 0 bridgehead atoms. The Morgan fingerprint density at radius 3 is 2.69 bits per heavy atom. The molecule has 0 aliphatic carbocycles. The monoisotopic (exact) mass is 295 g/mol.